The van der Waals surface area contributed by atoms with Crippen molar-refractivity contribution >= 4 is 38.9 Å². The molecular formula is C21H17ClN2O3S. The predicted octanol–water partition coefficient (Wildman–Crippen LogP) is 4.71. The minimum Gasteiger partial charge on any atom is -0.322 e. The quantitative estimate of drug-likeness (QED) is 0.663. The molecule has 0 spiro atoms. The molecule has 1 amide bonds. The number of benzene rings is 3. The smallest absolute Gasteiger partial charge is 0.264 e. The Balaban J connectivity index is 1.83. The Morgan fingerprint density at radius 2 is 1.75 bits per heavy atom. The molecule has 1 aliphatic heterocycles. The van der Waals surface area contributed by atoms with Gasteiger partial charge in [-0.2, -0.15) is 0 Å². The molecule has 0 unspecified atom stereocenters. The van der Waals surface area contributed by atoms with Crippen LogP contribution in [0, 0.1) is 6.92 Å². The highest BCUT2D eigenvalue weighted by Gasteiger charge is 2.33. The Labute approximate surface area is 168 Å². The number of sulfonamides is 1. The minimum atomic E-state index is -3.62. The topological polar surface area (TPSA) is 66.5 Å². The molecular weight excluding hydrogens is 396 g/mol. The molecule has 7 heteroatoms. The molecule has 3 aromatic rings. The zero-order chi connectivity index (χ0) is 20.1. The Kier molecular flexibility index (Phi) is 4.40. The van der Waals surface area contributed by atoms with Gasteiger partial charge in [-0.25, -0.2) is 8.42 Å². The van der Waals surface area contributed by atoms with Crippen LogP contribution in [0.2, 0.25) is 5.02 Å². The molecule has 28 heavy (non-hydrogen) atoms. The van der Waals surface area contributed by atoms with Gasteiger partial charge in [0.05, 0.1) is 10.6 Å². The third-order valence-electron chi connectivity index (χ3n) is 4.78. The molecule has 0 saturated carbocycles. The summed E-state index contributed by atoms with van der Waals surface area (Å²) in [6, 6.07) is 17.2. The van der Waals surface area contributed by atoms with Crippen molar-refractivity contribution in [1.29, 1.82) is 0 Å². The van der Waals surface area contributed by atoms with Gasteiger partial charge in [0.25, 0.3) is 15.9 Å². The SMILES string of the molecule is Cc1cc(C(=O)Nc2cccc(Cl)c2)cc2c1N(C)S(=O)(=O)c1ccccc1-2. The van der Waals surface area contributed by atoms with Crippen molar-refractivity contribution in [3.63, 3.8) is 0 Å². The molecule has 1 heterocycles. The van der Waals surface area contributed by atoms with Crippen molar-refractivity contribution in [2.45, 2.75) is 11.8 Å². The van der Waals surface area contributed by atoms with Crippen LogP contribution < -0.4 is 9.62 Å². The summed E-state index contributed by atoms with van der Waals surface area (Å²) in [6.45, 7) is 1.80. The fraction of sp³-hybridized carbons (Fsp3) is 0.0952. The van der Waals surface area contributed by atoms with E-state index in [-0.39, 0.29) is 10.8 Å². The summed E-state index contributed by atoms with van der Waals surface area (Å²) >= 11 is 5.98. The largest absolute Gasteiger partial charge is 0.322 e. The van der Waals surface area contributed by atoms with Gasteiger partial charge in [-0.05, 0) is 48.9 Å². The van der Waals surface area contributed by atoms with Crippen molar-refractivity contribution < 1.29 is 13.2 Å². The first-order valence-electron chi connectivity index (χ1n) is 8.59. The molecule has 0 radical (unpaired) electrons. The van der Waals surface area contributed by atoms with E-state index >= 15 is 0 Å². The lowest BCUT2D eigenvalue weighted by Crippen LogP contribution is -2.31. The highest BCUT2D eigenvalue weighted by molar-refractivity contribution is 7.93. The second-order valence-electron chi connectivity index (χ2n) is 6.62. The number of rotatable bonds is 2. The summed E-state index contributed by atoms with van der Waals surface area (Å²) < 4.78 is 27.0. The van der Waals surface area contributed by atoms with Crippen LogP contribution in [0.1, 0.15) is 15.9 Å². The maximum atomic E-state index is 12.8. The van der Waals surface area contributed by atoms with Crippen molar-refractivity contribution in [1.82, 2.24) is 0 Å². The van der Waals surface area contributed by atoms with Crippen molar-refractivity contribution in [2.75, 3.05) is 16.7 Å². The minimum absolute atomic E-state index is 0.233. The van der Waals surface area contributed by atoms with E-state index in [2.05, 4.69) is 5.32 Å². The normalized spacial score (nSPS) is 14.2. The van der Waals surface area contributed by atoms with Gasteiger partial charge in [0.15, 0.2) is 0 Å². The lowest BCUT2D eigenvalue weighted by Gasteiger charge is -2.31. The lowest BCUT2D eigenvalue weighted by atomic mass is 9.96. The average Bonchev–Trinajstić information content (AvgIpc) is 2.66. The molecule has 0 atom stereocenters. The molecule has 3 aromatic carbocycles. The van der Waals surface area contributed by atoms with Crippen LogP contribution in [0.5, 0.6) is 0 Å². The number of anilines is 2. The third kappa shape index (κ3) is 2.95. The van der Waals surface area contributed by atoms with E-state index in [1.807, 2.05) is 0 Å². The monoisotopic (exact) mass is 412 g/mol. The Morgan fingerprint density at radius 1 is 1.00 bits per heavy atom. The summed E-state index contributed by atoms with van der Waals surface area (Å²) in [4.78, 5) is 13.0. The second-order valence-corrected chi connectivity index (χ2v) is 9.00. The Hall–Kier alpha value is -2.83. The fourth-order valence-electron chi connectivity index (χ4n) is 3.49. The summed E-state index contributed by atoms with van der Waals surface area (Å²) in [5, 5.41) is 3.36. The number of halogens is 1. The summed E-state index contributed by atoms with van der Waals surface area (Å²) in [7, 11) is -2.09. The molecule has 0 aromatic heterocycles. The van der Waals surface area contributed by atoms with Gasteiger partial charge >= 0.3 is 0 Å². The first kappa shape index (κ1) is 18.5. The average molecular weight is 413 g/mol. The number of hydrogen-bond acceptors (Lipinski definition) is 3. The van der Waals surface area contributed by atoms with E-state index in [4.69, 9.17) is 11.6 Å². The van der Waals surface area contributed by atoms with Gasteiger partial charge in [-0.15, -0.1) is 0 Å². The van der Waals surface area contributed by atoms with Crippen LogP contribution in [-0.2, 0) is 10.0 Å². The highest BCUT2D eigenvalue weighted by Crippen LogP contribution is 2.44. The van der Waals surface area contributed by atoms with Crippen LogP contribution >= 0.6 is 11.6 Å². The Morgan fingerprint density at radius 3 is 2.50 bits per heavy atom. The molecule has 0 saturated heterocycles. The fourth-order valence-corrected chi connectivity index (χ4v) is 5.16. The van der Waals surface area contributed by atoms with Crippen molar-refractivity contribution in [2.24, 2.45) is 0 Å². The van der Waals surface area contributed by atoms with Gasteiger partial charge < -0.3 is 5.32 Å². The van der Waals surface area contributed by atoms with Crippen molar-refractivity contribution in [3.8, 4) is 11.1 Å². The van der Waals surface area contributed by atoms with Gasteiger partial charge in [0.1, 0.15) is 0 Å². The number of fused-ring (bicyclic) bond motifs is 3. The zero-order valence-corrected chi connectivity index (χ0v) is 16.8. The van der Waals surface area contributed by atoms with E-state index in [0.29, 0.717) is 38.7 Å². The third-order valence-corrected chi connectivity index (χ3v) is 6.83. The molecule has 142 valence electrons. The number of carbonyl (C=O) groups is 1. The number of amides is 1. The molecule has 1 aliphatic rings. The van der Waals surface area contributed by atoms with E-state index in [1.54, 1.807) is 67.6 Å². The van der Waals surface area contributed by atoms with Crippen LogP contribution in [0.15, 0.2) is 65.6 Å². The van der Waals surface area contributed by atoms with E-state index < -0.39 is 10.0 Å². The van der Waals surface area contributed by atoms with Crippen LogP contribution in [-0.4, -0.2) is 21.4 Å². The van der Waals surface area contributed by atoms with E-state index in [9.17, 15) is 13.2 Å². The number of carbonyl (C=O) groups excluding carboxylic acids is 1. The second kappa shape index (κ2) is 6.65. The predicted molar refractivity (Wildman–Crippen MR) is 112 cm³/mol. The molecule has 0 bridgehead atoms. The van der Waals surface area contributed by atoms with Crippen LogP contribution in [0.3, 0.4) is 0 Å². The number of hydrogen-bond donors (Lipinski definition) is 1. The lowest BCUT2D eigenvalue weighted by molar-refractivity contribution is 0.102. The molecule has 5 nitrogen and oxygen atoms in total. The Bertz CT molecular complexity index is 1220. The summed E-state index contributed by atoms with van der Waals surface area (Å²) in [5.74, 6) is -0.290. The molecule has 1 N–H and O–H groups in total. The van der Waals surface area contributed by atoms with Crippen LogP contribution in [0.25, 0.3) is 11.1 Å². The van der Waals surface area contributed by atoms with Gasteiger partial charge in [-0.1, -0.05) is 35.9 Å². The number of nitrogens with zero attached hydrogens (tertiary/aromatic N) is 1. The standard InChI is InChI=1S/C21H17ClN2O3S/c1-13-10-14(21(25)23-16-7-5-6-15(22)12-16)11-18-17-8-3-4-9-19(17)28(26,27)24(2)20(13)18/h3-12H,1-2H3,(H,23,25). The molecule has 0 aliphatic carbocycles. The molecule has 4 rings (SSSR count). The van der Waals surface area contributed by atoms with Gasteiger partial charge in [-0.3, -0.25) is 9.10 Å². The summed E-state index contributed by atoms with van der Waals surface area (Å²) in [5.41, 5.74) is 3.62. The van der Waals surface area contributed by atoms with E-state index in [0.717, 1.165) is 0 Å². The highest BCUT2D eigenvalue weighted by atomic mass is 35.5. The maximum Gasteiger partial charge on any atom is 0.264 e. The van der Waals surface area contributed by atoms with Gasteiger partial charge in [0.2, 0.25) is 0 Å². The number of nitrogens with one attached hydrogen (secondary N) is 1. The van der Waals surface area contributed by atoms with Crippen molar-refractivity contribution in [3.05, 3.63) is 76.8 Å². The molecule has 0 fully saturated rings. The maximum absolute atomic E-state index is 12.8. The van der Waals surface area contributed by atoms with Gasteiger partial charge in [0, 0.05) is 34.4 Å². The first-order valence-corrected chi connectivity index (χ1v) is 10.4. The zero-order valence-electron chi connectivity index (χ0n) is 15.2. The number of aryl methyl sites for hydroxylation is 1. The van der Waals surface area contributed by atoms with Crippen LogP contribution in [0.4, 0.5) is 11.4 Å². The van der Waals surface area contributed by atoms with E-state index in [1.165, 1.54) is 11.4 Å². The summed E-state index contributed by atoms with van der Waals surface area (Å²) in [6.07, 6.45) is 0. The first-order chi connectivity index (χ1) is 13.3.